The van der Waals surface area contributed by atoms with Crippen molar-refractivity contribution in [2.24, 2.45) is 7.05 Å². The van der Waals surface area contributed by atoms with Crippen LogP contribution in [-0.4, -0.2) is 39.2 Å². The fourth-order valence-corrected chi connectivity index (χ4v) is 2.96. The molecule has 0 N–H and O–H groups in total. The Labute approximate surface area is 128 Å². The summed E-state index contributed by atoms with van der Waals surface area (Å²) < 4.78 is 8.32. The highest BCUT2D eigenvalue weighted by molar-refractivity contribution is 9.10. The maximum absolute atomic E-state index is 12.0. The summed E-state index contributed by atoms with van der Waals surface area (Å²) in [5.74, 6) is 1.49. The van der Waals surface area contributed by atoms with Crippen LogP contribution in [0, 0.1) is 0 Å². The molecular formula is C14H22BrN3O2. The van der Waals surface area contributed by atoms with Crippen molar-refractivity contribution in [1.29, 1.82) is 0 Å². The average Bonchev–Trinajstić information content (AvgIpc) is 2.66. The van der Waals surface area contributed by atoms with E-state index in [-0.39, 0.29) is 6.09 Å². The van der Waals surface area contributed by atoms with Gasteiger partial charge in [0.05, 0.1) is 0 Å². The molecule has 20 heavy (non-hydrogen) atoms. The van der Waals surface area contributed by atoms with E-state index in [1.54, 1.807) is 4.90 Å². The monoisotopic (exact) mass is 343 g/mol. The summed E-state index contributed by atoms with van der Waals surface area (Å²) in [7, 11) is 2.01. The Morgan fingerprint density at radius 1 is 1.40 bits per heavy atom. The number of likely N-dealkylation sites (tertiary alicyclic amines) is 1. The van der Waals surface area contributed by atoms with Crippen molar-refractivity contribution in [2.75, 3.05) is 13.1 Å². The van der Waals surface area contributed by atoms with E-state index in [9.17, 15) is 4.79 Å². The quantitative estimate of drug-likeness (QED) is 0.785. The molecule has 0 aliphatic carbocycles. The van der Waals surface area contributed by atoms with Crippen molar-refractivity contribution in [3.63, 3.8) is 0 Å². The molecule has 1 aliphatic rings. The summed E-state index contributed by atoms with van der Waals surface area (Å²) in [5, 5.41) is 0. The SMILES string of the molecule is Cn1cc(Br)nc1C1CCN(C(=O)OC(C)(C)C)CC1. The zero-order valence-electron chi connectivity index (χ0n) is 12.5. The number of aromatic nitrogens is 2. The summed E-state index contributed by atoms with van der Waals surface area (Å²) in [6.45, 7) is 7.13. The van der Waals surface area contributed by atoms with Gasteiger partial charge in [-0.25, -0.2) is 9.78 Å². The van der Waals surface area contributed by atoms with E-state index in [1.165, 1.54) is 0 Å². The number of imidazole rings is 1. The van der Waals surface area contributed by atoms with Gasteiger partial charge in [0.1, 0.15) is 16.0 Å². The molecule has 2 rings (SSSR count). The molecule has 1 fully saturated rings. The molecule has 1 aliphatic heterocycles. The lowest BCUT2D eigenvalue weighted by Crippen LogP contribution is -2.41. The van der Waals surface area contributed by atoms with Gasteiger partial charge < -0.3 is 14.2 Å². The van der Waals surface area contributed by atoms with E-state index in [0.717, 1.165) is 36.4 Å². The second-order valence-electron chi connectivity index (χ2n) is 6.27. The molecule has 6 heteroatoms. The Balaban J connectivity index is 1.92. The van der Waals surface area contributed by atoms with Crippen LogP contribution in [0.3, 0.4) is 0 Å². The zero-order chi connectivity index (χ0) is 14.9. The zero-order valence-corrected chi connectivity index (χ0v) is 14.1. The van der Waals surface area contributed by atoms with Gasteiger partial charge >= 0.3 is 6.09 Å². The second-order valence-corrected chi connectivity index (χ2v) is 7.09. The lowest BCUT2D eigenvalue weighted by Gasteiger charge is -2.33. The normalized spacial score (nSPS) is 17.4. The van der Waals surface area contributed by atoms with E-state index in [2.05, 4.69) is 25.5 Å². The summed E-state index contributed by atoms with van der Waals surface area (Å²) in [5.41, 5.74) is -0.432. The molecule has 0 aromatic carbocycles. The first kappa shape index (κ1) is 15.4. The second kappa shape index (κ2) is 5.76. The van der Waals surface area contributed by atoms with Crippen LogP contribution in [0.5, 0.6) is 0 Å². The van der Waals surface area contributed by atoms with Gasteiger partial charge in [0.2, 0.25) is 0 Å². The number of halogens is 1. The summed E-state index contributed by atoms with van der Waals surface area (Å²) in [4.78, 5) is 18.3. The molecule has 0 atom stereocenters. The minimum Gasteiger partial charge on any atom is -0.444 e. The maximum atomic E-state index is 12.0. The molecule has 0 spiro atoms. The number of ether oxygens (including phenoxy) is 1. The van der Waals surface area contributed by atoms with Gasteiger partial charge in [-0.2, -0.15) is 0 Å². The van der Waals surface area contributed by atoms with E-state index in [4.69, 9.17) is 4.74 Å². The Morgan fingerprint density at radius 3 is 2.45 bits per heavy atom. The van der Waals surface area contributed by atoms with Crippen molar-refractivity contribution < 1.29 is 9.53 Å². The molecule has 0 saturated carbocycles. The minimum absolute atomic E-state index is 0.211. The van der Waals surface area contributed by atoms with Crippen molar-refractivity contribution >= 4 is 22.0 Å². The molecule has 0 unspecified atom stereocenters. The van der Waals surface area contributed by atoms with Crippen LogP contribution < -0.4 is 0 Å². The summed E-state index contributed by atoms with van der Waals surface area (Å²) in [6, 6.07) is 0. The van der Waals surface area contributed by atoms with E-state index in [0.29, 0.717) is 5.92 Å². The summed E-state index contributed by atoms with van der Waals surface area (Å²) >= 11 is 3.40. The Bertz CT molecular complexity index is 485. The third-order valence-corrected chi connectivity index (χ3v) is 3.78. The Hall–Kier alpha value is -1.04. The maximum Gasteiger partial charge on any atom is 0.410 e. The molecule has 112 valence electrons. The first-order chi connectivity index (χ1) is 9.26. The van der Waals surface area contributed by atoms with Crippen molar-refractivity contribution in [1.82, 2.24) is 14.5 Å². The number of hydrogen-bond donors (Lipinski definition) is 0. The fourth-order valence-electron chi connectivity index (χ4n) is 2.47. The van der Waals surface area contributed by atoms with Crippen LogP contribution >= 0.6 is 15.9 Å². The third kappa shape index (κ3) is 3.75. The first-order valence-corrected chi connectivity index (χ1v) is 7.72. The number of hydrogen-bond acceptors (Lipinski definition) is 3. The standard InChI is InChI=1S/C14H22BrN3O2/c1-14(2,3)20-13(19)18-7-5-10(6-8-18)12-16-11(15)9-17(12)4/h9-10H,5-8H2,1-4H3. The first-order valence-electron chi connectivity index (χ1n) is 6.93. The molecular weight excluding hydrogens is 322 g/mol. The minimum atomic E-state index is -0.432. The van der Waals surface area contributed by atoms with E-state index in [1.807, 2.05) is 34.0 Å². The lowest BCUT2D eigenvalue weighted by atomic mass is 9.96. The van der Waals surface area contributed by atoms with E-state index >= 15 is 0 Å². The number of carbonyl (C=O) groups excluding carboxylic acids is 1. The topological polar surface area (TPSA) is 47.4 Å². The number of carbonyl (C=O) groups is 1. The molecule has 1 amide bonds. The van der Waals surface area contributed by atoms with Crippen LogP contribution in [-0.2, 0) is 11.8 Å². The van der Waals surface area contributed by atoms with Gasteiger partial charge in [-0.05, 0) is 49.5 Å². The van der Waals surface area contributed by atoms with Crippen LogP contribution in [0.1, 0.15) is 45.4 Å². The van der Waals surface area contributed by atoms with Gasteiger partial charge in [-0.15, -0.1) is 0 Å². The van der Waals surface area contributed by atoms with Gasteiger partial charge in [0.15, 0.2) is 0 Å². The van der Waals surface area contributed by atoms with Crippen LogP contribution in [0.15, 0.2) is 10.8 Å². The smallest absolute Gasteiger partial charge is 0.410 e. The average molecular weight is 344 g/mol. The van der Waals surface area contributed by atoms with Gasteiger partial charge in [0, 0.05) is 32.3 Å². The largest absolute Gasteiger partial charge is 0.444 e. The molecule has 5 nitrogen and oxygen atoms in total. The predicted octanol–water partition coefficient (Wildman–Crippen LogP) is 3.30. The highest BCUT2D eigenvalue weighted by Crippen LogP contribution is 2.28. The number of piperidine rings is 1. The lowest BCUT2D eigenvalue weighted by molar-refractivity contribution is 0.0202. The molecule has 1 aromatic heterocycles. The molecule has 1 aromatic rings. The molecule has 0 radical (unpaired) electrons. The van der Waals surface area contributed by atoms with Crippen molar-refractivity contribution in [3.8, 4) is 0 Å². The third-order valence-electron chi connectivity index (χ3n) is 3.39. The number of nitrogens with zero attached hydrogens (tertiary/aromatic N) is 3. The number of rotatable bonds is 1. The van der Waals surface area contributed by atoms with E-state index < -0.39 is 5.60 Å². The highest BCUT2D eigenvalue weighted by atomic mass is 79.9. The molecule has 0 bridgehead atoms. The fraction of sp³-hybridized carbons (Fsp3) is 0.714. The van der Waals surface area contributed by atoms with Crippen molar-refractivity contribution in [3.05, 3.63) is 16.6 Å². The molecule has 1 saturated heterocycles. The van der Waals surface area contributed by atoms with Crippen LogP contribution in [0.25, 0.3) is 0 Å². The van der Waals surface area contributed by atoms with Gasteiger partial charge in [0.25, 0.3) is 0 Å². The Kier molecular flexibility index (Phi) is 4.42. The summed E-state index contributed by atoms with van der Waals surface area (Å²) in [6.07, 6.45) is 3.61. The molecule has 2 heterocycles. The van der Waals surface area contributed by atoms with Crippen molar-refractivity contribution in [2.45, 2.75) is 45.1 Å². The number of amides is 1. The van der Waals surface area contributed by atoms with Gasteiger partial charge in [-0.3, -0.25) is 0 Å². The predicted molar refractivity (Wildman–Crippen MR) is 80.7 cm³/mol. The highest BCUT2D eigenvalue weighted by Gasteiger charge is 2.29. The Morgan fingerprint density at radius 2 is 2.00 bits per heavy atom. The number of aryl methyl sites for hydroxylation is 1. The van der Waals surface area contributed by atoms with Crippen LogP contribution in [0.4, 0.5) is 4.79 Å². The van der Waals surface area contributed by atoms with Crippen LogP contribution in [0.2, 0.25) is 0 Å². The van der Waals surface area contributed by atoms with Gasteiger partial charge in [-0.1, -0.05) is 0 Å².